The van der Waals surface area contributed by atoms with Gasteiger partial charge in [-0.1, -0.05) is 89.6 Å². The number of hydrogen-bond acceptors (Lipinski definition) is 15. The molecular formula is C59H85ClN8O17S. The zero-order valence-electron chi connectivity index (χ0n) is 50.7. The van der Waals surface area contributed by atoms with Crippen LogP contribution in [0.15, 0.2) is 54.6 Å². The summed E-state index contributed by atoms with van der Waals surface area (Å²) >= 11 is 6.41. The molecule has 9 N–H and O–H groups in total. The summed E-state index contributed by atoms with van der Waals surface area (Å²) in [6.07, 6.45) is -0.0613. The number of halogens is 1. The molecule has 2 aromatic carbocycles. The van der Waals surface area contributed by atoms with Gasteiger partial charge in [-0.2, -0.15) is 8.42 Å². The Morgan fingerprint density at radius 1 is 0.849 bits per heavy atom. The zero-order chi connectivity index (χ0) is 64.4. The second kappa shape index (κ2) is 32.0. The van der Waals surface area contributed by atoms with Crippen molar-refractivity contribution >= 4 is 80.9 Å². The van der Waals surface area contributed by atoms with E-state index < -0.39 is 159 Å². The van der Waals surface area contributed by atoms with E-state index in [4.69, 9.17) is 30.4 Å². The molecule has 2 aliphatic rings. The number of cyclic esters (lactones) is 1. The van der Waals surface area contributed by atoms with E-state index in [9.17, 15) is 61.5 Å². The fourth-order valence-electron chi connectivity index (χ4n) is 9.19. The molecule has 0 saturated carbocycles. The van der Waals surface area contributed by atoms with Gasteiger partial charge in [0.2, 0.25) is 47.3 Å². The second-order valence-electron chi connectivity index (χ2n) is 23.9. The second-order valence-corrected chi connectivity index (χ2v) is 25.8. The number of esters is 1. The molecule has 0 spiro atoms. The van der Waals surface area contributed by atoms with Crippen molar-refractivity contribution in [2.45, 2.75) is 169 Å². The van der Waals surface area contributed by atoms with E-state index in [1.165, 1.54) is 20.1 Å². The van der Waals surface area contributed by atoms with Crippen molar-refractivity contribution in [1.29, 1.82) is 0 Å². The molecule has 0 radical (unpaired) electrons. The zero-order valence-corrected chi connectivity index (χ0v) is 52.3. The summed E-state index contributed by atoms with van der Waals surface area (Å²) < 4.78 is 48.4. The minimum atomic E-state index is -4.32. The Morgan fingerprint density at radius 2 is 1.50 bits per heavy atom. The summed E-state index contributed by atoms with van der Waals surface area (Å²) in [6.45, 7) is 16.6. The minimum absolute atomic E-state index is 0.0573. The summed E-state index contributed by atoms with van der Waals surface area (Å²) in [5, 5.41) is 28.4. The third-order valence-corrected chi connectivity index (χ3v) is 15.9. The van der Waals surface area contributed by atoms with Crippen molar-refractivity contribution in [2.24, 2.45) is 22.7 Å². The number of carbonyl (C=O) groups excluding carboxylic acids is 9. The number of benzene rings is 2. The smallest absolute Gasteiger partial charge is 0.328 e. The van der Waals surface area contributed by atoms with Gasteiger partial charge in [-0.15, -0.1) is 0 Å². The summed E-state index contributed by atoms with van der Waals surface area (Å²) in [6, 6.07) is 7.21. The lowest BCUT2D eigenvalue weighted by Crippen LogP contribution is -2.58. The van der Waals surface area contributed by atoms with Crippen molar-refractivity contribution in [3.05, 3.63) is 76.3 Å². The number of nitrogens with one attached hydrogen (secondary N) is 7. The van der Waals surface area contributed by atoms with Gasteiger partial charge in [0.1, 0.15) is 42.1 Å². The first-order valence-corrected chi connectivity index (χ1v) is 30.5. The van der Waals surface area contributed by atoms with Gasteiger partial charge in [0.15, 0.2) is 0 Å². The number of epoxide rings is 1. The lowest BCUT2D eigenvalue weighted by Gasteiger charge is -2.35. The Balaban J connectivity index is 1.39. The molecule has 8 amide bonds. The van der Waals surface area contributed by atoms with E-state index in [0.29, 0.717) is 21.9 Å². The van der Waals surface area contributed by atoms with Gasteiger partial charge in [0, 0.05) is 70.2 Å². The first-order valence-electron chi connectivity index (χ1n) is 28.5. The largest absolute Gasteiger partial charge is 0.495 e. The Labute approximate surface area is 507 Å². The van der Waals surface area contributed by atoms with Crippen LogP contribution in [0.3, 0.4) is 0 Å². The predicted octanol–water partition coefficient (Wildman–Crippen LogP) is 3.22. The van der Waals surface area contributed by atoms with Crippen LogP contribution < -0.4 is 42.0 Å². The number of hydrogen-bond donors (Lipinski definition) is 9. The van der Waals surface area contributed by atoms with Crippen LogP contribution in [0.5, 0.6) is 5.75 Å². The standard InChI is InChI=1S/C59H85ClN8O17S/c1-33(2)50(67-47(71)23-26-68(27-24-49(73)74)48(72)22-21-45(69)61-25-28-86(80,81)82)55(77)63-35(4)53(75)62-32-37-15-18-39(19-16-37)52-51(85-52)34(3)43-13-12-14-46(70)65-41(30-38-17-20-44(83-11)40(60)29-38)54(76)64-36(5)59(9,10)57(79)66-42(56(78)84-43)31-58(6,7)8/h12,14-20,29,33-36,41-43,50-52H,13,21-28,30-32H2,1-11H3,(H,61,69)(H,62,75)(H,63,77)(H,64,76)(H,65,70)(H,66,79)(H,67,71)(H,73,74)(H,80,81,82)/b14-12-/t34-,35-,36-,41+,42-,43-,50-,51+,52+/m0/s1. The Kier molecular flexibility index (Phi) is 26.5. The maximum Gasteiger partial charge on any atom is 0.328 e. The van der Waals surface area contributed by atoms with Crippen LogP contribution in [-0.4, -0.2) is 157 Å². The lowest BCUT2D eigenvalue weighted by atomic mass is 9.82. The van der Waals surface area contributed by atoms with Crippen LogP contribution in [0.1, 0.15) is 131 Å². The van der Waals surface area contributed by atoms with Crippen molar-refractivity contribution in [2.75, 3.05) is 32.5 Å². The summed E-state index contributed by atoms with van der Waals surface area (Å²) in [7, 11) is -2.84. The molecule has 1 saturated heterocycles. The molecular weight excluding hydrogens is 1160 g/mol. The molecule has 9 atom stereocenters. The molecule has 0 aliphatic carbocycles. The third-order valence-electron chi connectivity index (χ3n) is 14.9. The van der Waals surface area contributed by atoms with Crippen LogP contribution in [0.2, 0.25) is 5.02 Å². The molecule has 27 heteroatoms. The highest BCUT2D eigenvalue weighted by Crippen LogP contribution is 2.45. The van der Waals surface area contributed by atoms with E-state index in [0.717, 1.165) is 10.5 Å². The molecule has 4 rings (SSSR count). The lowest BCUT2D eigenvalue weighted by molar-refractivity contribution is -0.157. The number of methoxy groups -OCH3 is 1. The van der Waals surface area contributed by atoms with E-state index in [1.54, 1.807) is 71.0 Å². The number of carboxylic acids is 1. The molecule has 0 aromatic heterocycles. The van der Waals surface area contributed by atoms with Gasteiger partial charge in [-0.25, -0.2) is 4.79 Å². The molecule has 0 bridgehead atoms. The highest BCUT2D eigenvalue weighted by atomic mass is 35.5. The van der Waals surface area contributed by atoms with Gasteiger partial charge in [-0.3, -0.25) is 47.7 Å². The van der Waals surface area contributed by atoms with Crippen molar-refractivity contribution in [3.8, 4) is 5.75 Å². The Morgan fingerprint density at radius 3 is 2.10 bits per heavy atom. The Hall–Kier alpha value is -7.16. The Bertz CT molecular complexity index is 2920. The molecule has 2 heterocycles. The number of aliphatic carboxylic acids is 1. The van der Waals surface area contributed by atoms with Crippen molar-refractivity contribution < 1.29 is 80.2 Å². The van der Waals surface area contributed by atoms with Gasteiger partial charge in [0.05, 0.1) is 35.8 Å². The quantitative estimate of drug-likeness (QED) is 0.0371. The first kappa shape index (κ1) is 71.3. The van der Waals surface area contributed by atoms with Crippen LogP contribution in [0.25, 0.3) is 0 Å². The number of carbonyl (C=O) groups is 10. The molecule has 25 nitrogen and oxygen atoms in total. The normalized spacial score (nSPS) is 21.6. The summed E-state index contributed by atoms with van der Waals surface area (Å²) in [5.74, 6) is -7.89. The van der Waals surface area contributed by atoms with Gasteiger partial charge in [-0.05, 0) is 80.3 Å². The van der Waals surface area contributed by atoms with Gasteiger partial charge >= 0.3 is 11.9 Å². The third kappa shape index (κ3) is 23.3. The summed E-state index contributed by atoms with van der Waals surface area (Å²) in [4.78, 5) is 133. The van der Waals surface area contributed by atoms with Crippen molar-refractivity contribution in [3.63, 3.8) is 0 Å². The van der Waals surface area contributed by atoms with E-state index in [2.05, 4.69) is 37.2 Å². The average molecular weight is 1250 g/mol. The maximum atomic E-state index is 14.2. The number of nitrogens with zero attached hydrogens (tertiary/aromatic N) is 1. The maximum absolute atomic E-state index is 14.2. The van der Waals surface area contributed by atoms with Crippen molar-refractivity contribution in [1.82, 2.24) is 42.1 Å². The summed E-state index contributed by atoms with van der Waals surface area (Å²) in [5.41, 5.74) is 0.462. The number of carboxylic acid groups (broad SMARTS) is 1. The number of ether oxygens (including phenoxy) is 3. The molecule has 2 aliphatic heterocycles. The van der Waals surface area contributed by atoms with Gasteiger partial charge in [0.25, 0.3) is 10.1 Å². The molecule has 0 unspecified atom stereocenters. The molecule has 2 aromatic rings. The van der Waals surface area contributed by atoms with Gasteiger partial charge < -0.3 is 61.4 Å². The molecule has 1 fully saturated rings. The molecule has 86 heavy (non-hydrogen) atoms. The van der Waals surface area contributed by atoms with Crippen LogP contribution in [0.4, 0.5) is 0 Å². The average Bonchev–Trinajstić information content (AvgIpc) is 2.07. The van der Waals surface area contributed by atoms with Crippen LogP contribution >= 0.6 is 11.6 Å². The van der Waals surface area contributed by atoms with Crippen LogP contribution in [0, 0.1) is 22.7 Å². The highest BCUT2D eigenvalue weighted by molar-refractivity contribution is 7.85. The van der Waals surface area contributed by atoms with E-state index >= 15 is 0 Å². The predicted molar refractivity (Wildman–Crippen MR) is 316 cm³/mol. The number of rotatable bonds is 26. The fourth-order valence-corrected chi connectivity index (χ4v) is 9.83. The fraction of sp³-hybridized carbons (Fsp3) is 0.593. The monoisotopic (exact) mass is 1240 g/mol. The van der Waals surface area contributed by atoms with Crippen LogP contribution in [-0.2, 0) is 80.5 Å². The highest BCUT2D eigenvalue weighted by Gasteiger charge is 2.48. The topological polar surface area (TPSA) is 364 Å². The minimum Gasteiger partial charge on any atom is -0.495 e. The number of amides is 8. The molecule has 476 valence electrons. The van der Waals surface area contributed by atoms with E-state index in [-0.39, 0.29) is 58.2 Å². The van der Waals surface area contributed by atoms with E-state index in [1.807, 2.05) is 39.8 Å². The first-order chi connectivity index (χ1) is 40.1. The SMILES string of the molecule is COc1ccc(C[C@H]2NC(=O)/C=C\C[C@@H]([C@H](C)[C@H]3O[C@@H]3c3ccc(CNC(=O)[C@H](C)NC(=O)[C@@H](NC(=O)CCN(CCC(=O)O)C(=O)CCC(=O)NCCS(=O)(=O)O)C(C)C)cc3)OC(=O)[C@H](CC(C)(C)C)NC(=O)C(C)(C)[C@H](C)NC2=O)cc1Cl.